The summed E-state index contributed by atoms with van der Waals surface area (Å²) in [6.07, 6.45) is 0.664. The van der Waals surface area contributed by atoms with E-state index in [1.165, 1.54) is 0 Å². The van der Waals surface area contributed by atoms with Crippen molar-refractivity contribution in [3.63, 3.8) is 0 Å². The van der Waals surface area contributed by atoms with Crippen LogP contribution in [0, 0.1) is 6.92 Å². The molecular weight excluding hydrogens is 288 g/mol. The largest absolute Gasteiger partial charge is 0.497 e. The van der Waals surface area contributed by atoms with Gasteiger partial charge in [-0.1, -0.05) is 23.7 Å². The highest BCUT2D eigenvalue weighted by atomic mass is 35.5. The van der Waals surface area contributed by atoms with Crippen LogP contribution >= 0.6 is 11.6 Å². The van der Waals surface area contributed by atoms with Crippen molar-refractivity contribution >= 4 is 11.6 Å². The molecular formula is C15H21ClN4O. The maximum absolute atomic E-state index is 6.36. The molecule has 0 bridgehead atoms. The Labute approximate surface area is 130 Å². The van der Waals surface area contributed by atoms with Gasteiger partial charge >= 0.3 is 0 Å². The lowest BCUT2D eigenvalue weighted by Crippen LogP contribution is -2.30. The number of hydrazine groups is 1. The minimum absolute atomic E-state index is 0.0565. The third kappa shape index (κ3) is 3.37. The molecule has 0 fully saturated rings. The SMILES string of the molecule is CCn1nc(C)c(Cl)c1CC(NN)c1cccc(OC)c1. The van der Waals surface area contributed by atoms with Crippen molar-refractivity contribution < 1.29 is 4.74 Å². The number of hydrogen-bond donors (Lipinski definition) is 2. The Hall–Kier alpha value is -1.56. The van der Waals surface area contributed by atoms with Crippen LogP contribution in [0.3, 0.4) is 0 Å². The molecule has 0 aliphatic heterocycles. The molecule has 0 aliphatic rings. The molecule has 5 nitrogen and oxygen atoms in total. The molecule has 2 aromatic rings. The van der Waals surface area contributed by atoms with E-state index in [2.05, 4.69) is 10.5 Å². The second-order valence-corrected chi connectivity index (χ2v) is 5.24. The number of halogens is 1. The highest BCUT2D eigenvalue weighted by molar-refractivity contribution is 6.31. The Morgan fingerprint density at radius 2 is 2.24 bits per heavy atom. The average molecular weight is 309 g/mol. The summed E-state index contributed by atoms with van der Waals surface area (Å²) in [5, 5.41) is 5.14. The van der Waals surface area contributed by atoms with Gasteiger partial charge in [-0.05, 0) is 31.5 Å². The number of nitrogens with zero attached hydrogens (tertiary/aromatic N) is 2. The predicted octanol–water partition coefficient (Wildman–Crippen LogP) is 2.62. The first-order chi connectivity index (χ1) is 10.1. The normalized spacial score (nSPS) is 12.4. The smallest absolute Gasteiger partial charge is 0.119 e. The summed E-state index contributed by atoms with van der Waals surface area (Å²) in [7, 11) is 1.65. The molecule has 3 N–H and O–H groups in total. The lowest BCUT2D eigenvalue weighted by molar-refractivity contribution is 0.412. The van der Waals surface area contributed by atoms with Gasteiger partial charge in [-0.2, -0.15) is 5.10 Å². The Balaban J connectivity index is 2.30. The predicted molar refractivity (Wildman–Crippen MR) is 84.4 cm³/mol. The van der Waals surface area contributed by atoms with Gasteiger partial charge in [0.2, 0.25) is 0 Å². The topological polar surface area (TPSA) is 65.1 Å². The van der Waals surface area contributed by atoms with E-state index in [-0.39, 0.29) is 6.04 Å². The summed E-state index contributed by atoms with van der Waals surface area (Å²) in [4.78, 5) is 0. The van der Waals surface area contributed by atoms with E-state index in [0.717, 1.165) is 29.2 Å². The van der Waals surface area contributed by atoms with Gasteiger partial charge in [0.05, 0.1) is 29.6 Å². The van der Waals surface area contributed by atoms with Crippen LogP contribution in [0.25, 0.3) is 0 Å². The number of aromatic nitrogens is 2. The standard InChI is InChI=1S/C15H21ClN4O/c1-4-20-14(15(16)10(2)19-20)9-13(18-17)11-6-5-7-12(8-11)21-3/h5-8,13,18H,4,9,17H2,1-3H3. The summed E-state index contributed by atoms with van der Waals surface area (Å²) >= 11 is 6.36. The van der Waals surface area contributed by atoms with Crippen molar-refractivity contribution in [3.05, 3.63) is 46.2 Å². The molecule has 1 unspecified atom stereocenters. The molecule has 1 heterocycles. The second-order valence-electron chi connectivity index (χ2n) is 4.86. The fourth-order valence-corrected chi connectivity index (χ4v) is 2.60. The maximum Gasteiger partial charge on any atom is 0.119 e. The highest BCUT2D eigenvalue weighted by Crippen LogP contribution is 2.27. The fourth-order valence-electron chi connectivity index (χ4n) is 2.39. The maximum atomic E-state index is 6.36. The van der Waals surface area contributed by atoms with Crippen molar-refractivity contribution in [2.24, 2.45) is 5.84 Å². The van der Waals surface area contributed by atoms with E-state index < -0.39 is 0 Å². The van der Waals surface area contributed by atoms with E-state index in [1.54, 1.807) is 7.11 Å². The van der Waals surface area contributed by atoms with Crippen LogP contribution in [0.1, 0.15) is 29.9 Å². The Kier molecular flexibility index (Phi) is 5.22. The molecule has 0 aliphatic carbocycles. The fraction of sp³-hybridized carbons (Fsp3) is 0.400. The number of hydrogen-bond acceptors (Lipinski definition) is 4. The van der Waals surface area contributed by atoms with Crippen LogP contribution in [0.2, 0.25) is 5.02 Å². The van der Waals surface area contributed by atoms with Crippen molar-refractivity contribution in [3.8, 4) is 5.75 Å². The van der Waals surface area contributed by atoms with Crippen LogP contribution in [0.4, 0.5) is 0 Å². The molecule has 1 atom stereocenters. The third-order valence-electron chi connectivity index (χ3n) is 3.55. The van der Waals surface area contributed by atoms with E-state index in [4.69, 9.17) is 22.2 Å². The van der Waals surface area contributed by atoms with Gasteiger partial charge < -0.3 is 4.74 Å². The van der Waals surface area contributed by atoms with E-state index in [0.29, 0.717) is 11.4 Å². The summed E-state index contributed by atoms with van der Waals surface area (Å²) in [5.41, 5.74) is 5.73. The summed E-state index contributed by atoms with van der Waals surface area (Å²) in [6, 6.07) is 7.78. The lowest BCUT2D eigenvalue weighted by Gasteiger charge is -2.18. The second kappa shape index (κ2) is 6.93. The van der Waals surface area contributed by atoms with Gasteiger partial charge in [0.1, 0.15) is 5.75 Å². The van der Waals surface area contributed by atoms with Crippen molar-refractivity contribution in [2.75, 3.05) is 7.11 Å². The zero-order valence-electron chi connectivity index (χ0n) is 12.6. The zero-order chi connectivity index (χ0) is 15.4. The van der Waals surface area contributed by atoms with Gasteiger partial charge in [0, 0.05) is 13.0 Å². The molecule has 0 radical (unpaired) electrons. The van der Waals surface area contributed by atoms with Crippen LogP contribution < -0.4 is 16.0 Å². The van der Waals surface area contributed by atoms with Crippen LogP contribution in [-0.2, 0) is 13.0 Å². The van der Waals surface area contributed by atoms with Gasteiger partial charge in [-0.15, -0.1) is 0 Å². The summed E-state index contributed by atoms with van der Waals surface area (Å²) in [6.45, 7) is 4.73. The number of nitrogens with one attached hydrogen (secondary N) is 1. The molecule has 0 saturated carbocycles. The molecule has 21 heavy (non-hydrogen) atoms. The lowest BCUT2D eigenvalue weighted by atomic mass is 10.0. The minimum atomic E-state index is -0.0565. The van der Waals surface area contributed by atoms with Crippen molar-refractivity contribution in [2.45, 2.75) is 32.9 Å². The quantitative estimate of drug-likeness (QED) is 0.636. The molecule has 0 spiro atoms. The number of nitrogens with two attached hydrogens (primary N) is 1. The van der Waals surface area contributed by atoms with E-state index in [1.807, 2.05) is 42.8 Å². The molecule has 114 valence electrons. The number of benzene rings is 1. The summed E-state index contributed by atoms with van der Waals surface area (Å²) in [5.74, 6) is 6.53. The monoisotopic (exact) mass is 308 g/mol. The Morgan fingerprint density at radius 3 is 2.86 bits per heavy atom. The highest BCUT2D eigenvalue weighted by Gasteiger charge is 2.18. The van der Waals surface area contributed by atoms with Gasteiger partial charge in [0.15, 0.2) is 0 Å². The van der Waals surface area contributed by atoms with Crippen LogP contribution in [0.5, 0.6) is 5.75 Å². The molecule has 2 rings (SSSR count). The van der Waals surface area contributed by atoms with Gasteiger partial charge in [-0.3, -0.25) is 16.0 Å². The number of rotatable bonds is 6. The third-order valence-corrected chi connectivity index (χ3v) is 4.04. The molecule has 0 saturated heterocycles. The zero-order valence-corrected chi connectivity index (χ0v) is 13.3. The van der Waals surface area contributed by atoms with Crippen molar-refractivity contribution in [1.82, 2.24) is 15.2 Å². The first-order valence-electron chi connectivity index (χ1n) is 6.92. The number of methoxy groups -OCH3 is 1. The van der Waals surface area contributed by atoms with E-state index in [9.17, 15) is 0 Å². The Morgan fingerprint density at radius 1 is 1.48 bits per heavy atom. The van der Waals surface area contributed by atoms with Crippen LogP contribution in [-0.4, -0.2) is 16.9 Å². The molecule has 1 aromatic heterocycles. The Bertz CT molecular complexity index is 612. The van der Waals surface area contributed by atoms with Gasteiger partial charge in [-0.25, -0.2) is 0 Å². The summed E-state index contributed by atoms with van der Waals surface area (Å²) < 4.78 is 7.18. The van der Waals surface area contributed by atoms with Crippen LogP contribution in [0.15, 0.2) is 24.3 Å². The molecule has 6 heteroatoms. The molecule has 1 aromatic carbocycles. The minimum Gasteiger partial charge on any atom is -0.497 e. The first-order valence-corrected chi connectivity index (χ1v) is 7.30. The van der Waals surface area contributed by atoms with Crippen molar-refractivity contribution in [1.29, 1.82) is 0 Å². The molecule has 0 amide bonds. The average Bonchev–Trinajstić information content (AvgIpc) is 2.79. The van der Waals surface area contributed by atoms with Gasteiger partial charge in [0.25, 0.3) is 0 Å². The van der Waals surface area contributed by atoms with E-state index >= 15 is 0 Å². The number of ether oxygens (including phenoxy) is 1. The first kappa shape index (κ1) is 15.8. The number of aryl methyl sites for hydroxylation is 2.